The minimum atomic E-state index is -3.75. The van der Waals surface area contributed by atoms with E-state index in [9.17, 15) is 13.2 Å². The Morgan fingerprint density at radius 3 is 2.13 bits per heavy atom. The van der Waals surface area contributed by atoms with E-state index in [4.69, 9.17) is 0 Å². The van der Waals surface area contributed by atoms with E-state index in [-0.39, 0.29) is 22.8 Å². The van der Waals surface area contributed by atoms with Gasteiger partial charge in [0, 0.05) is 5.56 Å². The number of amides is 1. The van der Waals surface area contributed by atoms with Crippen LogP contribution in [0.2, 0.25) is 0 Å². The van der Waals surface area contributed by atoms with Crippen molar-refractivity contribution in [3.8, 4) is 0 Å². The van der Waals surface area contributed by atoms with Crippen LogP contribution in [-0.2, 0) is 10.0 Å². The fraction of sp³-hybridized carbons (Fsp3) is 0.240. The highest BCUT2D eigenvalue weighted by atomic mass is 32.2. The summed E-state index contributed by atoms with van der Waals surface area (Å²) in [4.78, 5) is 13.2. The summed E-state index contributed by atoms with van der Waals surface area (Å²) in [5, 5.41) is 3.11. The van der Waals surface area contributed by atoms with Gasteiger partial charge in [-0.25, -0.2) is 8.42 Å². The van der Waals surface area contributed by atoms with Gasteiger partial charge in [-0.15, -0.1) is 0 Å². The Hall–Kier alpha value is -3.12. The lowest BCUT2D eigenvalue weighted by Gasteiger charge is -2.25. The van der Waals surface area contributed by atoms with Gasteiger partial charge in [0.05, 0.1) is 16.6 Å². The van der Waals surface area contributed by atoms with E-state index in [0.717, 1.165) is 16.7 Å². The summed E-state index contributed by atoms with van der Waals surface area (Å²) in [7, 11) is -3.75. The van der Waals surface area contributed by atoms with Crippen molar-refractivity contribution in [1.29, 1.82) is 0 Å². The van der Waals surface area contributed by atoms with Crippen molar-refractivity contribution in [3.63, 3.8) is 0 Å². The Morgan fingerprint density at radius 1 is 0.839 bits per heavy atom. The summed E-state index contributed by atoms with van der Waals surface area (Å²) >= 11 is 0. The van der Waals surface area contributed by atoms with Gasteiger partial charge in [0.1, 0.15) is 0 Å². The van der Waals surface area contributed by atoms with E-state index < -0.39 is 10.0 Å². The molecule has 5 nitrogen and oxygen atoms in total. The van der Waals surface area contributed by atoms with Crippen molar-refractivity contribution in [1.82, 2.24) is 5.32 Å². The fourth-order valence-electron chi connectivity index (χ4n) is 3.44. The zero-order valence-corrected chi connectivity index (χ0v) is 19.0. The van der Waals surface area contributed by atoms with Crippen LogP contribution in [0.1, 0.15) is 46.9 Å². The summed E-state index contributed by atoms with van der Waals surface area (Å²) in [6.45, 7) is 7.95. The minimum Gasteiger partial charge on any atom is -0.345 e. The molecule has 0 radical (unpaired) electrons. The first kappa shape index (κ1) is 22.6. The monoisotopic (exact) mass is 436 g/mol. The largest absolute Gasteiger partial charge is 0.345 e. The van der Waals surface area contributed by atoms with Crippen LogP contribution in [0.4, 0.5) is 5.69 Å². The predicted molar refractivity (Wildman–Crippen MR) is 125 cm³/mol. The average Bonchev–Trinajstić information content (AvgIpc) is 2.74. The van der Waals surface area contributed by atoms with E-state index in [1.54, 1.807) is 43.3 Å². The molecule has 1 amide bonds. The lowest BCUT2D eigenvalue weighted by atomic mass is 9.92. The number of sulfonamides is 1. The molecule has 0 aliphatic rings. The molecule has 1 atom stereocenters. The molecule has 6 heteroatoms. The lowest BCUT2D eigenvalue weighted by molar-refractivity contribution is 0.0925. The summed E-state index contributed by atoms with van der Waals surface area (Å²) < 4.78 is 28.0. The second-order valence-electron chi connectivity index (χ2n) is 8.00. The van der Waals surface area contributed by atoms with Crippen molar-refractivity contribution < 1.29 is 13.2 Å². The number of carbonyl (C=O) groups excluding carboxylic acids is 1. The number of aryl methyl sites for hydroxylation is 2. The van der Waals surface area contributed by atoms with Crippen molar-refractivity contribution in [3.05, 3.63) is 95.1 Å². The third-order valence-electron chi connectivity index (χ3n) is 5.27. The zero-order chi connectivity index (χ0) is 22.6. The van der Waals surface area contributed by atoms with Gasteiger partial charge in [-0.2, -0.15) is 0 Å². The maximum absolute atomic E-state index is 13.1. The van der Waals surface area contributed by atoms with Crippen molar-refractivity contribution in [2.24, 2.45) is 5.92 Å². The van der Waals surface area contributed by atoms with E-state index in [0.29, 0.717) is 11.3 Å². The highest BCUT2D eigenvalue weighted by molar-refractivity contribution is 7.92. The number of carbonyl (C=O) groups is 1. The van der Waals surface area contributed by atoms with Gasteiger partial charge in [0.2, 0.25) is 0 Å². The van der Waals surface area contributed by atoms with E-state index in [2.05, 4.69) is 23.9 Å². The van der Waals surface area contributed by atoms with Crippen LogP contribution in [0.3, 0.4) is 0 Å². The van der Waals surface area contributed by atoms with Crippen LogP contribution >= 0.6 is 0 Å². The Morgan fingerprint density at radius 2 is 1.48 bits per heavy atom. The van der Waals surface area contributed by atoms with Gasteiger partial charge in [-0.1, -0.05) is 62.4 Å². The molecule has 3 aromatic rings. The molecule has 0 bridgehead atoms. The third-order valence-corrected chi connectivity index (χ3v) is 6.66. The molecule has 31 heavy (non-hydrogen) atoms. The predicted octanol–water partition coefficient (Wildman–Crippen LogP) is 5.23. The molecular weight excluding hydrogens is 408 g/mol. The van der Waals surface area contributed by atoms with Crippen molar-refractivity contribution in [2.75, 3.05) is 4.72 Å². The zero-order valence-electron chi connectivity index (χ0n) is 18.2. The standard InChI is InChI=1S/C25H28N2O3S/c1-17(2)24(22-13-9-8-10-18(22)3)26-25(28)20-15-14-19(4)23(16-20)27-31(29,30)21-11-6-5-7-12-21/h5-17,24,27H,1-4H3,(H,26,28)/t24-/m1/s1. The Bertz CT molecular complexity index is 1170. The van der Waals surface area contributed by atoms with Crippen LogP contribution in [0, 0.1) is 19.8 Å². The molecule has 0 saturated heterocycles. The first-order valence-electron chi connectivity index (χ1n) is 10.2. The highest BCUT2D eigenvalue weighted by Gasteiger charge is 2.22. The van der Waals surface area contributed by atoms with Crippen LogP contribution < -0.4 is 10.0 Å². The van der Waals surface area contributed by atoms with Gasteiger partial charge in [0.15, 0.2) is 0 Å². The summed E-state index contributed by atoms with van der Waals surface area (Å²) in [5.74, 6) is -0.0614. The third kappa shape index (κ3) is 5.33. The van der Waals surface area contributed by atoms with Crippen LogP contribution in [0.25, 0.3) is 0 Å². The van der Waals surface area contributed by atoms with Crippen LogP contribution in [0.15, 0.2) is 77.7 Å². The fourth-order valence-corrected chi connectivity index (χ4v) is 4.58. The van der Waals surface area contributed by atoms with E-state index >= 15 is 0 Å². The maximum atomic E-state index is 13.1. The second-order valence-corrected chi connectivity index (χ2v) is 9.68. The van der Waals surface area contributed by atoms with Gasteiger partial charge >= 0.3 is 0 Å². The number of hydrogen-bond acceptors (Lipinski definition) is 3. The number of rotatable bonds is 7. The molecular formula is C25H28N2O3S. The number of anilines is 1. The lowest BCUT2D eigenvalue weighted by Crippen LogP contribution is -2.32. The molecule has 3 aromatic carbocycles. The summed E-state index contributed by atoms with van der Waals surface area (Å²) in [5.41, 5.74) is 3.70. The first-order chi connectivity index (χ1) is 14.7. The normalized spacial score (nSPS) is 12.4. The smallest absolute Gasteiger partial charge is 0.261 e. The Labute approximate surface area is 184 Å². The first-order valence-corrected chi connectivity index (χ1v) is 11.7. The molecule has 0 fully saturated rings. The molecule has 0 heterocycles. The van der Waals surface area contributed by atoms with E-state index in [1.807, 2.05) is 31.2 Å². The molecule has 0 saturated carbocycles. The van der Waals surface area contributed by atoms with Gasteiger partial charge < -0.3 is 5.32 Å². The maximum Gasteiger partial charge on any atom is 0.261 e. The topological polar surface area (TPSA) is 75.3 Å². The second kappa shape index (κ2) is 9.35. The quantitative estimate of drug-likeness (QED) is 0.532. The molecule has 0 aliphatic carbocycles. The van der Waals surface area contributed by atoms with Crippen molar-refractivity contribution >= 4 is 21.6 Å². The molecule has 0 aromatic heterocycles. The number of nitrogens with one attached hydrogen (secondary N) is 2. The van der Waals surface area contributed by atoms with Crippen LogP contribution in [0.5, 0.6) is 0 Å². The number of benzene rings is 3. The summed E-state index contributed by atoms with van der Waals surface area (Å²) in [6, 6.07) is 21.0. The van der Waals surface area contributed by atoms with Crippen molar-refractivity contribution in [2.45, 2.75) is 38.6 Å². The average molecular weight is 437 g/mol. The number of hydrogen-bond donors (Lipinski definition) is 2. The van der Waals surface area contributed by atoms with E-state index in [1.165, 1.54) is 12.1 Å². The Balaban J connectivity index is 1.86. The molecule has 162 valence electrons. The SMILES string of the molecule is Cc1ccc(C(=O)N[C@@H](c2ccccc2C)C(C)C)cc1NS(=O)(=O)c1ccccc1. The molecule has 2 N–H and O–H groups in total. The molecule has 0 spiro atoms. The van der Waals surface area contributed by atoms with Crippen LogP contribution in [-0.4, -0.2) is 14.3 Å². The highest BCUT2D eigenvalue weighted by Crippen LogP contribution is 2.26. The molecule has 0 aliphatic heterocycles. The van der Waals surface area contributed by atoms with Gasteiger partial charge in [-0.05, 0) is 60.7 Å². The minimum absolute atomic E-state index is 0.153. The Kier molecular flexibility index (Phi) is 6.81. The molecule has 0 unspecified atom stereocenters. The van der Waals surface area contributed by atoms with Gasteiger partial charge in [0.25, 0.3) is 15.9 Å². The summed E-state index contributed by atoms with van der Waals surface area (Å²) in [6.07, 6.45) is 0. The molecule has 3 rings (SSSR count). The van der Waals surface area contributed by atoms with Gasteiger partial charge in [-0.3, -0.25) is 9.52 Å².